The van der Waals surface area contributed by atoms with E-state index in [9.17, 15) is 0 Å². The fourth-order valence-corrected chi connectivity index (χ4v) is 0.857. The van der Waals surface area contributed by atoms with Crippen molar-refractivity contribution in [1.29, 1.82) is 0 Å². The fourth-order valence-electron chi connectivity index (χ4n) is 0.857. The summed E-state index contributed by atoms with van der Waals surface area (Å²) in [6, 6.07) is 0. The molecule has 1 atom stereocenters. The maximum Gasteiger partial charge on any atom is 0.0662 e. The molecule has 0 aliphatic rings. The monoisotopic (exact) mass is 175 g/mol. The molecule has 0 aromatic heterocycles. The highest BCUT2D eigenvalue weighted by molar-refractivity contribution is 4.56. The van der Waals surface area contributed by atoms with Gasteiger partial charge in [0.05, 0.1) is 6.10 Å². The SMILES string of the molecule is CCOCCCNCC(O)CC. The van der Waals surface area contributed by atoms with Crippen molar-refractivity contribution < 1.29 is 9.84 Å². The number of aliphatic hydroxyl groups is 1. The van der Waals surface area contributed by atoms with E-state index in [0.29, 0.717) is 6.54 Å². The van der Waals surface area contributed by atoms with E-state index in [2.05, 4.69) is 5.32 Å². The van der Waals surface area contributed by atoms with Gasteiger partial charge >= 0.3 is 0 Å². The second kappa shape index (κ2) is 8.97. The summed E-state index contributed by atoms with van der Waals surface area (Å²) in [5, 5.41) is 12.3. The van der Waals surface area contributed by atoms with E-state index in [1.165, 1.54) is 0 Å². The first-order valence-corrected chi connectivity index (χ1v) is 4.77. The summed E-state index contributed by atoms with van der Waals surface area (Å²) in [4.78, 5) is 0. The maximum atomic E-state index is 9.17. The summed E-state index contributed by atoms with van der Waals surface area (Å²) in [5.41, 5.74) is 0. The van der Waals surface area contributed by atoms with Crippen LogP contribution in [-0.2, 0) is 4.74 Å². The fraction of sp³-hybridized carbons (Fsp3) is 1.00. The summed E-state index contributed by atoms with van der Waals surface area (Å²) < 4.78 is 5.16. The van der Waals surface area contributed by atoms with E-state index in [0.717, 1.165) is 32.6 Å². The van der Waals surface area contributed by atoms with Gasteiger partial charge in [0, 0.05) is 19.8 Å². The van der Waals surface area contributed by atoms with Crippen LogP contribution >= 0.6 is 0 Å². The third-order valence-corrected chi connectivity index (χ3v) is 1.70. The lowest BCUT2D eigenvalue weighted by Crippen LogP contribution is -2.27. The molecule has 0 aliphatic carbocycles. The zero-order valence-corrected chi connectivity index (χ0v) is 8.18. The van der Waals surface area contributed by atoms with E-state index < -0.39 is 0 Å². The highest BCUT2D eigenvalue weighted by atomic mass is 16.5. The summed E-state index contributed by atoms with van der Waals surface area (Å²) in [5.74, 6) is 0. The van der Waals surface area contributed by atoms with Gasteiger partial charge in [-0.15, -0.1) is 0 Å². The molecule has 0 aromatic carbocycles. The minimum atomic E-state index is -0.197. The van der Waals surface area contributed by atoms with Crippen molar-refractivity contribution in [3.8, 4) is 0 Å². The van der Waals surface area contributed by atoms with Gasteiger partial charge in [0.15, 0.2) is 0 Å². The Hall–Kier alpha value is -0.120. The van der Waals surface area contributed by atoms with Gasteiger partial charge in [-0.25, -0.2) is 0 Å². The molecule has 2 N–H and O–H groups in total. The van der Waals surface area contributed by atoms with Crippen LogP contribution in [0.5, 0.6) is 0 Å². The van der Waals surface area contributed by atoms with Crippen molar-refractivity contribution in [3.05, 3.63) is 0 Å². The second-order valence-corrected chi connectivity index (χ2v) is 2.82. The third kappa shape index (κ3) is 7.98. The first-order chi connectivity index (χ1) is 5.81. The Labute approximate surface area is 75.1 Å². The Bertz CT molecular complexity index is 88.6. The van der Waals surface area contributed by atoms with Gasteiger partial charge in [0.25, 0.3) is 0 Å². The summed E-state index contributed by atoms with van der Waals surface area (Å²) in [6.07, 6.45) is 1.64. The van der Waals surface area contributed by atoms with E-state index >= 15 is 0 Å². The van der Waals surface area contributed by atoms with Gasteiger partial charge < -0.3 is 15.2 Å². The molecule has 0 saturated carbocycles. The molecular formula is C9H21NO2. The van der Waals surface area contributed by atoms with Crippen LogP contribution in [0.1, 0.15) is 26.7 Å². The predicted octanol–water partition coefficient (Wildman–Crippen LogP) is 0.773. The minimum absolute atomic E-state index is 0.197. The lowest BCUT2D eigenvalue weighted by atomic mass is 10.3. The van der Waals surface area contributed by atoms with Crippen LogP contribution in [-0.4, -0.2) is 37.5 Å². The van der Waals surface area contributed by atoms with Crippen molar-refractivity contribution >= 4 is 0 Å². The van der Waals surface area contributed by atoms with Crippen LogP contribution < -0.4 is 5.32 Å². The zero-order valence-electron chi connectivity index (χ0n) is 8.18. The molecule has 0 bridgehead atoms. The Kier molecular flexibility index (Phi) is 8.88. The lowest BCUT2D eigenvalue weighted by Gasteiger charge is -2.08. The Morgan fingerprint density at radius 2 is 2.17 bits per heavy atom. The third-order valence-electron chi connectivity index (χ3n) is 1.70. The maximum absolute atomic E-state index is 9.17. The topological polar surface area (TPSA) is 41.5 Å². The highest BCUT2D eigenvalue weighted by Crippen LogP contribution is 1.86. The Morgan fingerprint density at radius 3 is 2.75 bits per heavy atom. The molecule has 12 heavy (non-hydrogen) atoms. The normalized spacial score (nSPS) is 13.2. The number of hydrogen-bond acceptors (Lipinski definition) is 3. The molecule has 0 fully saturated rings. The van der Waals surface area contributed by atoms with Gasteiger partial charge in [-0.2, -0.15) is 0 Å². The average Bonchev–Trinajstić information content (AvgIpc) is 2.10. The van der Waals surface area contributed by atoms with Crippen LogP contribution in [0.15, 0.2) is 0 Å². The van der Waals surface area contributed by atoms with Gasteiger partial charge in [-0.05, 0) is 26.3 Å². The average molecular weight is 175 g/mol. The van der Waals surface area contributed by atoms with Gasteiger partial charge in [-0.1, -0.05) is 6.92 Å². The Balaban J connectivity index is 2.90. The van der Waals surface area contributed by atoms with Crippen LogP contribution in [0.3, 0.4) is 0 Å². The van der Waals surface area contributed by atoms with Crippen LogP contribution in [0, 0.1) is 0 Å². The highest BCUT2D eigenvalue weighted by Gasteiger charge is 1.97. The van der Waals surface area contributed by atoms with Crippen molar-refractivity contribution in [2.45, 2.75) is 32.8 Å². The summed E-state index contributed by atoms with van der Waals surface area (Å²) in [6.45, 7) is 7.20. The molecule has 3 heteroatoms. The largest absolute Gasteiger partial charge is 0.392 e. The van der Waals surface area contributed by atoms with Gasteiger partial charge in [-0.3, -0.25) is 0 Å². The Morgan fingerprint density at radius 1 is 1.42 bits per heavy atom. The number of ether oxygens (including phenoxy) is 1. The second-order valence-electron chi connectivity index (χ2n) is 2.82. The molecule has 3 nitrogen and oxygen atoms in total. The van der Waals surface area contributed by atoms with E-state index in [-0.39, 0.29) is 6.10 Å². The lowest BCUT2D eigenvalue weighted by molar-refractivity contribution is 0.140. The first kappa shape index (κ1) is 11.9. The molecule has 0 spiro atoms. The molecule has 0 amide bonds. The van der Waals surface area contributed by atoms with Crippen LogP contribution in [0.25, 0.3) is 0 Å². The van der Waals surface area contributed by atoms with Crippen molar-refractivity contribution in [1.82, 2.24) is 5.32 Å². The number of nitrogens with one attached hydrogen (secondary N) is 1. The van der Waals surface area contributed by atoms with Crippen LogP contribution in [0.2, 0.25) is 0 Å². The molecule has 0 rings (SSSR count). The number of aliphatic hydroxyl groups excluding tert-OH is 1. The molecular weight excluding hydrogens is 154 g/mol. The van der Waals surface area contributed by atoms with E-state index in [1.807, 2.05) is 13.8 Å². The predicted molar refractivity (Wildman–Crippen MR) is 50.3 cm³/mol. The zero-order chi connectivity index (χ0) is 9.23. The summed E-state index contributed by atoms with van der Waals surface area (Å²) >= 11 is 0. The van der Waals surface area contributed by atoms with Crippen molar-refractivity contribution in [2.24, 2.45) is 0 Å². The molecule has 1 unspecified atom stereocenters. The molecule has 0 radical (unpaired) electrons. The number of rotatable bonds is 8. The standard InChI is InChI=1S/C9H21NO2/c1-3-9(11)8-10-6-5-7-12-4-2/h9-11H,3-8H2,1-2H3. The molecule has 0 heterocycles. The minimum Gasteiger partial charge on any atom is -0.392 e. The van der Waals surface area contributed by atoms with Gasteiger partial charge in [0.2, 0.25) is 0 Å². The van der Waals surface area contributed by atoms with Crippen molar-refractivity contribution in [2.75, 3.05) is 26.3 Å². The molecule has 0 aliphatic heterocycles. The summed E-state index contributed by atoms with van der Waals surface area (Å²) in [7, 11) is 0. The molecule has 74 valence electrons. The molecule has 0 aromatic rings. The molecule has 0 saturated heterocycles. The van der Waals surface area contributed by atoms with Crippen LogP contribution in [0.4, 0.5) is 0 Å². The number of hydrogen-bond donors (Lipinski definition) is 2. The quantitative estimate of drug-likeness (QED) is 0.535. The van der Waals surface area contributed by atoms with E-state index in [4.69, 9.17) is 9.84 Å². The first-order valence-electron chi connectivity index (χ1n) is 4.77. The van der Waals surface area contributed by atoms with Gasteiger partial charge in [0.1, 0.15) is 0 Å². The van der Waals surface area contributed by atoms with E-state index in [1.54, 1.807) is 0 Å². The van der Waals surface area contributed by atoms with Crippen molar-refractivity contribution in [3.63, 3.8) is 0 Å². The smallest absolute Gasteiger partial charge is 0.0662 e.